The molecule has 1 aromatic heterocycles. The number of hydrogen-bond donors (Lipinski definition) is 1. The summed E-state index contributed by atoms with van der Waals surface area (Å²) >= 11 is 0. The van der Waals surface area contributed by atoms with Crippen molar-refractivity contribution in [2.24, 2.45) is 18.9 Å². The minimum Gasteiger partial charge on any atom is -0.310 e. The average Bonchev–Trinajstić information content (AvgIpc) is 2.66. The fourth-order valence-corrected chi connectivity index (χ4v) is 3.24. The molecule has 3 atom stereocenters. The zero-order valence-corrected chi connectivity index (χ0v) is 12.9. The van der Waals surface area contributed by atoms with E-state index in [0.717, 1.165) is 18.4 Å². The lowest BCUT2D eigenvalue weighted by molar-refractivity contribution is 0.366. The Hall–Kier alpha value is -1.09. The van der Waals surface area contributed by atoms with Gasteiger partial charge in [-0.25, -0.2) is 0 Å². The van der Waals surface area contributed by atoms with Gasteiger partial charge in [0.2, 0.25) is 0 Å². The minimum absolute atomic E-state index is 0.384. The Kier molecular flexibility index (Phi) is 4.46. The Balaban J connectivity index is 1.89. The zero-order valence-electron chi connectivity index (χ0n) is 12.9. The molecule has 0 spiro atoms. The summed E-state index contributed by atoms with van der Waals surface area (Å²) in [5, 5.41) is 8.01. The summed E-state index contributed by atoms with van der Waals surface area (Å²) in [5.74, 6) is 1.51. The summed E-state index contributed by atoms with van der Waals surface area (Å²) in [7, 11) is 2.00. The van der Waals surface area contributed by atoms with Crippen LogP contribution in [-0.2, 0) is 7.05 Å². The predicted molar refractivity (Wildman–Crippen MR) is 80.0 cm³/mol. The topological polar surface area (TPSA) is 29.9 Å². The molecule has 0 aliphatic heterocycles. The van der Waals surface area contributed by atoms with Crippen molar-refractivity contribution in [2.45, 2.75) is 46.6 Å². The molecular formula is C16H27N3. The number of hydrogen-bond acceptors (Lipinski definition) is 2. The van der Waals surface area contributed by atoms with E-state index < -0.39 is 0 Å². The van der Waals surface area contributed by atoms with E-state index in [4.69, 9.17) is 0 Å². The Labute approximate surface area is 117 Å². The Morgan fingerprint density at radius 2 is 2.21 bits per heavy atom. The first kappa shape index (κ1) is 14.3. The van der Waals surface area contributed by atoms with Gasteiger partial charge in [-0.05, 0) is 52.0 Å². The highest BCUT2D eigenvalue weighted by atomic mass is 15.3. The second-order valence-corrected chi connectivity index (χ2v) is 6.24. The fourth-order valence-electron chi connectivity index (χ4n) is 3.24. The summed E-state index contributed by atoms with van der Waals surface area (Å²) in [6.07, 6.45) is 6.96. The van der Waals surface area contributed by atoms with E-state index in [9.17, 15) is 0 Å². The van der Waals surface area contributed by atoms with Gasteiger partial charge >= 0.3 is 0 Å². The first-order valence-corrected chi connectivity index (χ1v) is 7.36. The van der Waals surface area contributed by atoms with Crippen LogP contribution in [-0.4, -0.2) is 16.3 Å². The normalized spacial score (nSPS) is 25.2. The van der Waals surface area contributed by atoms with Crippen LogP contribution in [0, 0.1) is 18.8 Å². The average molecular weight is 261 g/mol. The highest BCUT2D eigenvalue weighted by Gasteiger charge is 2.19. The Morgan fingerprint density at radius 1 is 1.47 bits per heavy atom. The zero-order chi connectivity index (χ0) is 14.0. The van der Waals surface area contributed by atoms with E-state index in [2.05, 4.69) is 44.2 Å². The fraction of sp³-hybridized carbons (Fsp3) is 0.688. The third-order valence-electron chi connectivity index (χ3n) is 4.34. The molecule has 0 radical (unpaired) electrons. The van der Waals surface area contributed by atoms with Gasteiger partial charge in [-0.2, -0.15) is 5.10 Å². The van der Waals surface area contributed by atoms with E-state index in [0.29, 0.717) is 6.04 Å². The molecular weight excluding hydrogens is 234 g/mol. The van der Waals surface area contributed by atoms with E-state index in [1.54, 1.807) is 5.57 Å². The molecule has 19 heavy (non-hydrogen) atoms. The highest BCUT2D eigenvalue weighted by molar-refractivity contribution is 5.19. The quantitative estimate of drug-likeness (QED) is 0.842. The number of nitrogens with one attached hydrogen (secondary N) is 1. The molecule has 1 aromatic rings. The largest absolute Gasteiger partial charge is 0.310 e. The molecule has 0 bridgehead atoms. The molecule has 3 nitrogen and oxygen atoms in total. The van der Waals surface area contributed by atoms with Crippen LogP contribution in [0.4, 0.5) is 0 Å². The second-order valence-electron chi connectivity index (χ2n) is 6.24. The molecule has 0 fully saturated rings. The third kappa shape index (κ3) is 3.47. The van der Waals surface area contributed by atoms with Gasteiger partial charge in [0.1, 0.15) is 0 Å². The van der Waals surface area contributed by atoms with Gasteiger partial charge in [-0.3, -0.25) is 4.68 Å². The van der Waals surface area contributed by atoms with Gasteiger partial charge in [-0.1, -0.05) is 18.6 Å². The summed E-state index contributed by atoms with van der Waals surface area (Å²) in [4.78, 5) is 0. The number of aromatic nitrogens is 2. The van der Waals surface area contributed by atoms with Crippen molar-refractivity contribution in [3.8, 4) is 0 Å². The minimum atomic E-state index is 0.384. The summed E-state index contributed by atoms with van der Waals surface area (Å²) in [5.41, 5.74) is 4.13. The molecule has 1 aliphatic carbocycles. The summed E-state index contributed by atoms with van der Waals surface area (Å²) in [6.45, 7) is 10.1. The molecule has 0 saturated carbocycles. The lowest BCUT2D eigenvalue weighted by Gasteiger charge is -2.27. The smallest absolute Gasteiger partial charge is 0.0540 e. The predicted octanol–water partition coefficient (Wildman–Crippen LogP) is 3.37. The maximum Gasteiger partial charge on any atom is 0.0540 e. The monoisotopic (exact) mass is 261 g/mol. The summed E-state index contributed by atoms with van der Waals surface area (Å²) < 4.78 is 1.95. The Morgan fingerprint density at radius 3 is 2.79 bits per heavy atom. The van der Waals surface area contributed by atoms with Crippen molar-refractivity contribution in [1.82, 2.24) is 15.1 Å². The van der Waals surface area contributed by atoms with Gasteiger partial charge in [0, 0.05) is 24.3 Å². The van der Waals surface area contributed by atoms with E-state index in [1.807, 2.05) is 17.9 Å². The second kappa shape index (κ2) is 5.91. The first-order valence-electron chi connectivity index (χ1n) is 7.36. The maximum absolute atomic E-state index is 4.32. The van der Waals surface area contributed by atoms with Crippen LogP contribution in [0.2, 0.25) is 0 Å². The van der Waals surface area contributed by atoms with Crippen molar-refractivity contribution in [3.63, 3.8) is 0 Å². The highest BCUT2D eigenvalue weighted by Crippen LogP contribution is 2.28. The molecule has 1 aliphatic rings. The van der Waals surface area contributed by atoms with Crippen LogP contribution in [0.15, 0.2) is 17.8 Å². The van der Waals surface area contributed by atoms with Crippen molar-refractivity contribution in [2.75, 3.05) is 6.54 Å². The lowest BCUT2D eigenvalue weighted by Crippen LogP contribution is -2.28. The number of aryl methyl sites for hydroxylation is 1. The van der Waals surface area contributed by atoms with E-state index in [1.165, 1.54) is 24.1 Å². The van der Waals surface area contributed by atoms with Crippen LogP contribution < -0.4 is 5.32 Å². The number of allylic oxidation sites excluding steroid dienone is 2. The van der Waals surface area contributed by atoms with Crippen LogP contribution in [0.3, 0.4) is 0 Å². The molecule has 106 valence electrons. The molecule has 0 aromatic carbocycles. The molecule has 1 heterocycles. The number of nitrogens with zero attached hydrogens (tertiary/aromatic N) is 2. The van der Waals surface area contributed by atoms with Gasteiger partial charge < -0.3 is 5.32 Å². The lowest BCUT2D eigenvalue weighted by atomic mass is 9.83. The third-order valence-corrected chi connectivity index (χ3v) is 4.34. The van der Waals surface area contributed by atoms with Crippen molar-refractivity contribution in [3.05, 3.63) is 29.1 Å². The molecule has 3 unspecified atom stereocenters. The van der Waals surface area contributed by atoms with Gasteiger partial charge in [0.05, 0.1) is 6.20 Å². The molecule has 3 heteroatoms. The molecule has 0 saturated heterocycles. The van der Waals surface area contributed by atoms with Crippen LogP contribution in [0.25, 0.3) is 0 Å². The van der Waals surface area contributed by atoms with E-state index in [-0.39, 0.29) is 0 Å². The van der Waals surface area contributed by atoms with Crippen LogP contribution >= 0.6 is 0 Å². The molecule has 2 rings (SSSR count). The first-order chi connectivity index (χ1) is 8.97. The standard InChI is InChI=1S/C16H27N3/c1-11-6-12(2)8-15(7-11)9-17-13(3)16-10-18-19(5)14(16)4/h6,10-11,13,15,17H,7-9H2,1-5H3. The maximum atomic E-state index is 4.32. The SMILES string of the molecule is CC1=CC(C)CC(CNC(C)c2cnn(C)c2C)C1. The van der Waals surface area contributed by atoms with Crippen LogP contribution in [0.1, 0.15) is 50.9 Å². The van der Waals surface area contributed by atoms with Crippen molar-refractivity contribution in [1.29, 1.82) is 0 Å². The summed E-state index contributed by atoms with van der Waals surface area (Å²) in [6, 6.07) is 0.384. The van der Waals surface area contributed by atoms with Crippen molar-refractivity contribution < 1.29 is 0 Å². The van der Waals surface area contributed by atoms with Gasteiger partial charge in [0.25, 0.3) is 0 Å². The van der Waals surface area contributed by atoms with Crippen LogP contribution in [0.5, 0.6) is 0 Å². The van der Waals surface area contributed by atoms with Crippen molar-refractivity contribution >= 4 is 0 Å². The molecule has 1 N–H and O–H groups in total. The van der Waals surface area contributed by atoms with E-state index >= 15 is 0 Å². The Bertz CT molecular complexity index is 459. The molecule has 0 amide bonds. The van der Waals surface area contributed by atoms with Gasteiger partial charge in [0.15, 0.2) is 0 Å². The van der Waals surface area contributed by atoms with Gasteiger partial charge in [-0.15, -0.1) is 0 Å². The number of rotatable bonds is 4.